The number of methoxy groups -OCH3 is 1. The minimum atomic E-state index is -0.176. The first kappa shape index (κ1) is 15.9. The normalized spacial score (nSPS) is 10.7. The average Bonchev–Trinajstić information content (AvgIpc) is 2.69. The molecule has 4 rings (SSSR count). The molecule has 0 spiro atoms. The van der Waals surface area contributed by atoms with Gasteiger partial charge in [0, 0.05) is 0 Å². The van der Waals surface area contributed by atoms with Crippen LogP contribution in [-0.4, -0.2) is 16.7 Å². The first-order valence-electron chi connectivity index (χ1n) is 8.15. The van der Waals surface area contributed by atoms with Crippen LogP contribution in [-0.2, 0) is 0 Å². The summed E-state index contributed by atoms with van der Waals surface area (Å²) in [6, 6.07) is 23.9. The van der Waals surface area contributed by atoms with Crippen LogP contribution in [0.1, 0.15) is 0 Å². The Labute approximate surface area is 150 Å². The van der Waals surface area contributed by atoms with Crippen LogP contribution in [0.2, 0.25) is 0 Å². The number of nitrogens with zero attached hydrogens (tertiary/aromatic N) is 2. The van der Waals surface area contributed by atoms with Crippen molar-refractivity contribution in [1.82, 2.24) is 9.55 Å². The van der Waals surface area contributed by atoms with Gasteiger partial charge in [-0.05, 0) is 48.5 Å². The molecule has 0 fully saturated rings. The van der Waals surface area contributed by atoms with E-state index in [9.17, 15) is 4.79 Å². The van der Waals surface area contributed by atoms with Crippen molar-refractivity contribution in [3.63, 3.8) is 0 Å². The van der Waals surface area contributed by atoms with Gasteiger partial charge in [0.2, 0.25) is 0 Å². The van der Waals surface area contributed by atoms with Crippen molar-refractivity contribution in [2.24, 2.45) is 0 Å². The molecule has 26 heavy (non-hydrogen) atoms. The molecule has 0 bridgehead atoms. The largest absolute Gasteiger partial charge is 0.497 e. The minimum Gasteiger partial charge on any atom is -0.497 e. The fourth-order valence-corrected chi connectivity index (χ4v) is 2.73. The third-order valence-electron chi connectivity index (χ3n) is 4.03. The molecule has 0 aliphatic rings. The lowest BCUT2D eigenvalue weighted by Crippen LogP contribution is -2.21. The Hall–Kier alpha value is -3.60. The maximum atomic E-state index is 13.1. The van der Waals surface area contributed by atoms with Crippen LogP contribution < -0.4 is 15.0 Å². The Morgan fingerprint density at radius 2 is 1.46 bits per heavy atom. The van der Waals surface area contributed by atoms with Crippen molar-refractivity contribution in [1.29, 1.82) is 0 Å². The second-order valence-corrected chi connectivity index (χ2v) is 5.67. The number of fused-ring (bicyclic) bond motifs is 1. The second-order valence-electron chi connectivity index (χ2n) is 5.67. The van der Waals surface area contributed by atoms with E-state index in [0.29, 0.717) is 22.3 Å². The van der Waals surface area contributed by atoms with Gasteiger partial charge in [0.1, 0.15) is 11.5 Å². The van der Waals surface area contributed by atoms with Crippen LogP contribution in [0.4, 0.5) is 0 Å². The molecule has 5 nitrogen and oxygen atoms in total. The van der Waals surface area contributed by atoms with Crippen molar-refractivity contribution < 1.29 is 9.47 Å². The van der Waals surface area contributed by atoms with Gasteiger partial charge in [-0.25, -0.2) is 4.57 Å². The van der Waals surface area contributed by atoms with Gasteiger partial charge in [-0.15, -0.1) is 0 Å². The van der Waals surface area contributed by atoms with Crippen molar-refractivity contribution in [3.8, 4) is 23.2 Å². The number of para-hydroxylation sites is 2. The zero-order valence-electron chi connectivity index (χ0n) is 14.1. The topological polar surface area (TPSA) is 53.4 Å². The van der Waals surface area contributed by atoms with Gasteiger partial charge in [0.25, 0.3) is 5.56 Å². The summed E-state index contributed by atoms with van der Waals surface area (Å²) in [4.78, 5) is 17.6. The molecule has 0 N–H and O–H groups in total. The zero-order valence-corrected chi connectivity index (χ0v) is 14.1. The summed E-state index contributed by atoms with van der Waals surface area (Å²) in [5, 5.41) is 0.540. The Balaban J connectivity index is 1.90. The van der Waals surface area contributed by atoms with E-state index < -0.39 is 0 Å². The third-order valence-corrected chi connectivity index (χ3v) is 4.03. The van der Waals surface area contributed by atoms with Gasteiger partial charge < -0.3 is 9.47 Å². The van der Waals surface area contributed by atoms with Crippen molar-refractivity contribution in [2.45, 2.75) is 0 Å². The maximum absolute atomic E-state index is 13.1. The Kier molecular flexibility index (Phi) is 4.11. The number of ether oxygens (including phenoxy) is 2. The van der Waals surface area contributed by atoms with E-state index in [-0.39, 0.29) is 11.6 Å². The van der Waals surface area contributed by atoms with E-state index in [4.69, 9.17) is 9.47 Å². The third kappa shape index (κ3) is 2.91. The quantitative estimate of drug-likeness (QED) is 0.557. The SMILES string of the molecule is COc1ccc(Oc2nc3ccccc3c(=O)n2-c2ccccc2)cc1. The van der Waals surface area contributed by atoms with E-state index in [1.54, 1.807) is 43.5 Å². The van der Waals surface area contributed by atoms with Crippen LogP contribution in [0.5, 0.6) is 17.5 Å². The Morgan fingerprint density at radius 1 is 0.808 bits per heavy atom. The molecule has 0 aliphatic carbocycles. The lowest BCUT2D eigenvalue weighted by Gasteiger charge is -2.14. The molecule has 0 unspecified atom stereocenters. The number of aromatic nitrogens is 2. The fraction of sp³-hybridized carbons (Fsp3) is 0.0476. The van der Waals surface area contributed by atoms with Gasteiger partial charge in [0.05, 0.1) is 23.7 Å². The van der Waals surface area contributed by atoms with Gasteiger partial charge in [-0.1, -0.05) is 30.3 Å². The van der Waals surface area contributed by atoms with Crippen LogP contribution >= 0.6 is 0 Å². The standard InChI is InChI=1S/C21H16N2O3/c1-25-16-11-13-17(14-12-16)26-21-22-19-10-6-5-9-18(19)20(24)23(21)15-7-3-2-4-8-15/h2-14H,1H3. The summed E-state index contributed by atoms with van der Waals surface area (Å²) in [6.07, 6.45) is 0. The van der Waals surface area contributed by atoms with E-state index in [2.05, 4.69) is 4.98 Å². The van der Waals surface area contributed by atoms with Gasteiger partial charge >= 0.3 is 6.01 Å². The van der Waals surface area contributed by atoms with Gasteiger partial charge in [-0.2, -0.15) is 4.98 Å². The predicted molar refractivity (Wildman–Crippen MR) is 100 cm³/mol. The molecule has 128 valence electrons. The number of hydrogen-bond donors (Lipinski definition) is 0. The Bertz CT molecular complexity index is 1100. The lowest BCUT2D eigenvalue weighted by atomic mass is 10.2. The summed E-state index contributed by atoms with van der Waals surface area (Å²) < 4.78 is 12.6. The fourth-order valence-electron chi connectivity index (χ4n) is 2.73. The first-order chi connectivity index (χ1) is 12.8. The summed E-state index contributed by atoms with van der Waals surface area (Å²) in [7, 11) is 1.60. The average molecular weight is 344 g/mol. The molecule has 0 amide bonds. The van der Waals surface area contributed by atoms with E-state index in [1.165, 1.54) is 4.57 Å². The number of rotatable bonds is 4. The van der Waals surface area contributed by atoms with E-state index in [1.807, 2.05) is 42.5 Å². The molecule has 1 heterocycles. The van der Waals surface area contributed by atoms with Crippen LogP contribution in [0.15, 0.2) is 83.7 Å². The summed E-state index contributed by atoms with van der Waals surface area (Å²) in [5.41, 5.74) is 1.11. The molecule has 0 aliphatic heterocycles. The first-order valence-corrected chi connectivity index (χ1v) is 8.15. The molecule has 1 aromatic heterocycles. The molecular weight excluding hydrogens is 328 g/mol. The van der Waals surface area contributed by atoms with Crippen LogP contribution in [0.25, 0.3) is 16.6 Å². The molecule has 0 atom stereocenters. The monoisotopic (exact) mass is 344 g/mol. The molecule has 3 aromatic carbocycles. The van der Waals surface area contributed by atoms with E-state index >= 15 is 0 Å². The predicted octanol–water partition coefficient (Wildman–Crippen LogP) is 4.19. The van der Waals surface area contributed by atoms with Gasteiger partial charge in [-0.3, -0.25) is 4.79 Å². The highest BCUT2D eigenvalue weighted by Crippen LogP contribution is 2.25. The summed E-state index contributed by atoms with van der Waals surface area (Å²) in [6.45, 7) is 0. The summed E-state index contributed by atoms with van der Waals surface area (Å²) >= 11 is 0. The number of hydrogen-bond acceptors (Lipinski definition) is 4. The number of benzene rings is 3. The Morgan fingerprint density at radius 3 is 2.19 bits per heavy atom. The van der Waals surface area contributed by atoms with Crippen molar-refractivity contribution >= 4 is 10.9 Å². The maximum Gasteiger partial charge on any atom is 0.310 e. The second kappa shape index (κ2) is 6.72. The van der Waals surface area contributed by atoms with Crippen molar-refractivity contribution in [2.75, 3.05) is 7.11 Å². The smallest absolute Gasteiger partial charge is 0.310 e. The zero-order chi connectivity index (χ0) is 17.9. The van der Waals surface area contributed by atoms with Crippen LogP contribution in [0.3, 0.4) is 0 Å². The molecular formula is C21H16N2O3. The molecule has 0 saturated carbocycles. The minimum absolute atomic E-state index is 0.176. The highest BCUT2D eigenvalue weighted by molar-refractivity contribution is 5.78. The highest BCUT2D eigenvalue weighted by Gasteiger charge is 2.14. The highest BCUT2D eigenvalue weighted by atomic mass is 16.5. The van der Waals surface area contributed by atoms with E-state index in [0.717, 1.165) is 5.75 Å². The molecule has 0 radical (unpaired) electrons. The summed E-state index contributed by atoms with van der Waals surface area (Å²) in [5.74, 6) is 1.29. The van der Waals surface area contributed by atoms with Crippen molar-refractivity contribution in [3.05, 3.63) is 89.2 Å². The van der Waals surface area contributed by atoms with Gasteiger partial charge in [0.15, 0.2) is 0 Å². The lowest BCUT2D eigenvalue weighted by molar-refractivity contribution is 0.408. The molecule has 0 saturated heterocycles. The molecule has 4 aromatic rings. The van der Waals surface area contributed by atoms with Crippen LogP contribution in [0, 0.1) is 0 Å². The molecule has 5 heteroatoms.